The monoisotopic (exact) mass is 223 g/mol. The van der Waals surface area contributed by atoms with E-state index < -0.39 is 23.4 Å². The summed E-state index contributed by atoms with van der Waals surface area (Å²) in [7, 11) is 0. The first kappa shape index (κ1) is 13.0. The van der Waals surface area contributed by atoms with Crippen molar-refractivity contribution in [3.8, 4) is 11.5 Å². The van der Waals surface area contributed by atoms with Crippen LogP contribution in [0.15, 0.2) is 12.1 Å². The van der Waals surface area contributed by atoms with Crippen LogP contribution in [-0.2, 0) is 0 Å². The number of rotatable bonds is 2. The van der Waals surface area contributed by atoms with Gasteiger partial charge in [0.2, 0.25) is 0 Å². The number of aromatic hydroxyl groups is 2. The topological polar surface area (TPSA) is 86.7 Å². The summed E-state index contributed by atoms with van der Waals surface area (Å²) in [6, 6.07) is 1.67. The minimum Gasteiger partial charge on any atom is -0.504 e. The van der Waals surface area contributed by atoms with Gasteiger partial charge in [-0.2, -0.15) is 0 Å². The van der Waals surface area contributed by atoms with E-state index in [1.54, 1.807) is 0 Å². The van der Waals surface area contributed by atoms with Gasteiger partial charge in [-0.3, -0.25) is 0 Å². The van der Waals surface area contributed by atoms with Gasteiger partial charge in [-0.25, -0.2) is 4.39 Å². The minimum atomic E-state index is -1.17. The van der Waals surface area contributed by atoms with Gasteiger partial charge in [-0.15, -0.1) is 12.4 Å². The number of benzene rings is 1. The highest BCUT2D eigenvalue weighted by molar-refractivity contribution is 5.85. The molecule has 1 atom stereocenters. The van der Waals surface area contributed by atoms with Crippen LogP contribution in [0.5, 0.6) is 11.5 Å². The Kier molecular flexibility index (Phi) is 4.62. The van der Waals surface area contributed by atoms with Gasteiger partial charge in [-0.1, -0.05) is 0 Å². The standard InChI is InChI=1S/C8H10FNO3.ClH/c9-5-2-7(12)6(11)1-4(5)8(13)3-10;/h1-2,8,11-13H,3,10H2;1H/t8-;/m1./s1. The fourth-order valence-electron chi connectivity index (χ4n) is 0.950. The number of phenols is 2. The molecule has 0 saturated carbocycles. The van der Waals surface area contributed by atoms with E-state index in [4.69, 9.17) is 21.1 Å². The quantitative estimate of drug-likeness (QED) is 0.555. The molecule has 0 amide bonds. The molecular formula is C8H11ClFNO3. The van der Waals surface area contributed by atoms with Crippen molar-refractivity contribution in [3.05, 3.63) is 23.5 Å². The van der Waals surface area contributed by atoms with Crippen molar-refractivity contribution >= 4 is 12.4 Å². The number of nitrogens with two attached hydrogens (primary N) is 1. The SMILES string of the molecule is Cl.NC[C@@H](O)c1cc(O)c(O)cc1F. The molecule has 5 N–H and O–H groups in total. The van der Waals surface area contributed by atoms with E-state index in [9.17, 15) is 4.39 Å². The zero-order valence-electron chi connectivity index (χ0n) is 7.14. The molecule has 0 radical (unpaired) electrons. The van der Waals surface area contributed by atoms with Crippen molar-refractivity contribution in [2.24, 2.45) is 5.73 Å². The average molecular weight is 224 g/mol. The molecule has 0 aromatic heterocycles. The lowest BCUT2D eigenvalue weighted by atomic mass is 10.1. The molecule has 0 aliphatic heterocycles. The van der Waals surface area contributed by atoms with E-state index in [-0.39, 0.29) is 24.5 Å². The lowest BCUT2D eigenvalue weighted by Gasteiger charge is -2.10. The summed E-state index contributed by atoms with van der Waals surface area (Å²) < 4.78 is 13.0. The number of halogens is 2. The predicted octanol–water partition coefficient (Wildman–Crippen LogP) is 0.651. The van der Waals surface area contributed by atoms with Crippen molar-refractivity contribution in [3.63, 3.8) is 0 Å². The van der Waals surface area contributed by atoms with Crippen LogP contribution >= 0.6 is 12.4 Å². The minimum absolute atomic E-state index is 0. The second-order valence-corrected chi connectivity index (χ2v) is 2.61. The zero-order chi connectivity index (χ0) is 10.0. The highest BCUT2D eigenvalue weighted by Gasteiger charge is 2.14. The Balaban J connectivity index is 0.00000169. The molecule has 0 aliphatic rings. The molecule has 4 nitrogen and oxygen atoms in total. The average Bonchev–Trinajstić information content (AvgIpc) is 2.10. The van der Waals surface area contributed by atoms with Gasteiger partial charge in [0.1, 0.15) is 5.82 Å². The van der Waals surface area contributed by atoms with Crippen molar-refractivity contribution in [2.75, 3.05) is 6.54 Å². The fraction of sp³-hybridized carbons (Fsp3) is 0.250. The zero-order valence-corrected chi connectivity index (χ0v) is 7.96. The van der Waals surface area contributed by atoms with Crippen LogP contribution in [0.2, 0.25) is 0 Å². The molecule has 1 aromatic rings. The lowest BCUT2D eigenvalue weighted by Crippen LogP contribution is -2.12. The molecule has 1 rings (SSSR count). The summed E-state index contributed by atoms with van der Waals surface area (Å²) in [5.74, 6) is -1.84. The van der Waals surface area contributed by atoms with E-state index >= 15 is 0 Å². The van der Waals surface area contributed by atoms with Gasteiger partial charge in [0.05, 0.1) is 6.10 Å². The number of hydrogen-bond donors (Lipinski definition) is 4. The Bertz CT molecular complexity index is 322. The molecule has 0 saturated heterocycles. The molecule has 0 bridgehead atoms. The highest BCUT2D eigenvalue weighted by Crippen LogP contribution is 2.30. The molecule has 0 spiro atoms. The van der Waals surface area contributed by atoms with Gasteiger partial charge in [0, 0.05) is 18.2 Å². The number of aliphatic hydroxyl groups excluding tert-OH is 1. The third kappa shape index (κ3) is 2.47. The number of aliphatic hydroxyl groups is 1. The summed E-state index contributed by atoms with van der Waals surface area (Å²) in [5.41, 5.74) is 4.97. The van der Waals surface area contributed by atoms with Gasteiger partial charge in [0.25, 0.3) is 0 Å². The molecule has 6 heteroatoms. The first-order valence-electron chi connectivity index (χ1n) is 3.65. The van der Waals surface area contributed by atoms with Crippen LogP contribution in [0.25, 0.3) is 0 Å². The van der Waals surface area contributed by atoms with Gasteiger partial charge >= 0.3 is 0 Å². The largest absolute Gasteiger partial charge is 0.504 e. The van der Waals surface area contributed by atoms with Crippen LogP contribution in [0.1, 0.15) is 11.7 Å². The van der Waals surface area contributed by atoms with Gasteiger partial charge in [0.15, 0.2) is 11.5 Å². The van der Waals surface area contributed by atoms with Gasteiger partial charge in [-0.05, 0) is 6.07 Å². The van der Waals surface area contributed by atoms with Crippen molar-refractivity contribution in [2.45, 2.75) is 6.10 Å². The summed E-state index contributed by atoms with van der Waals surface area (Å²) in [6.45, 7) is -0.152. The van der Waals surface area contributed by atoms with Gasteiger partial charge < -0.3 is 21.1 Å². The second-order valence-electron chi connectivity index (χ2n) is 2.61. The Morgan fingerprint density at radius 2 is 1.79 bits per heavy atom. The van der Waals surface area contributed by atoms with E-state index in [0.717, 1.165) is 12.1 Å². The molecule has 0 heterocycles. The third-order valence-electron chi connectivity index (χ3n) is 1.68. The maximum absolute atomic E-state index is 13.0. The maximum atomic E-state index is 13.0. The fourth-order valence-corrected chi connectivity index (χ4v) is 0.950. The Hall–Kier alpha value is -1.04. The summed E-state index contributed by atoms with van der Waals surface area (Å²) in [5, 5.41) is 27.0. The van der Waals surface area contributed by atoms with Crippen LogP contribution in [0, 0.1) is 5.82 Å². The Labute approximate surface area is 86.2 Å². The van der Waals surface area contributed by atoms with E-state index in [2.05, 4.69) is 0 Å². The first-order valence-corrected chi connectivity index (χ1v) is 3.65. The third-order valence-corrected chi connectivity index (χ3v) is 1.68. The van der Waals surface area contributed by atoms with Crippen LogP contribution in [-0.4, -0.2) is 21.9 Å². The Morgan fingerprint density at radius 1 is 1.29 bits per heavy atom. The summed E-state index contributed by atoms with van der Waals surface area (Å²) >= 11 is 0. The highest BCUT2D eigenvalue weighted by atomic mass is 35.5. The summed E-state index contributed by atoms with van der Waals surface area (Å²) in [4.78, 5) is 0. The van der Waals surface area contributed by atoms with Crippen LogP contribution in [0.4, 0.5) is 4.39 Å². The van der Waals surface area contributed by atoms with Crippen molar-refractivity contribution in [1.29, 1.82) is 0 Å². The molecular weight excluding hydrogens is 213 g/mol. The number of phenolic OH excluding ortho intramolecular Hbond substituents is 2. The Morgan fingerprint density at radius 3 is 2.29 bits per heavy atom. The summed E-state index contributed by atoms with van der Waals surface area (Å²) in [6.07, 6.45) is -1.17. The molecule has 1 aromatic carbocycles. The smallest absolute Gasteiger partial charge is 0.160 e. The first-order chi connectivity index (χ1) is 6.06. The van der Waals surface area contributed by atoms with Crippen LogP contribution < -0.4 is 5.73 Å². The predicted molar refractivity (Wildman–Crippen MR) is 51.0 cm³/mol. The second kappa shape index (κ2) is 4.99. The van der Waals surface area contributed by atoms with Crippen molar-refractivity contribution in [1.82, 2.24) is 0 Å². The van der Waals surface area contributed by atoms with Crippen molar-refractivity contribution < 1.29 is 19.7 Å². The normalized spacial score (nSPS) is 11.9. The van der Waals surface area contributed by atoms with E-state index in [0.29, 0.717) is 0 Å². The molecule has 0 aliphatic carbocycles. The molecule has 0 unspecified atom stereocenters. The molecule has 14 heavy (non-hydrogen) atoms. The lowest BCUT2D eigenvalue weighted by molar-refractivity contribution is 0.181. The number of hydrogen-bond acceptors (Lipinski definition) is 4. The van der Waals surface area contributed by atoms with E-state index in [1.165, 1.54) is 0 Å². The van der Waals surface area contributed by atoms with Crippen LogP contribution in [0.3, 0.4) is 0 Å². The van der Waals surface area contributed by atoms with E-state index in [1.807, 2.05) is 0 Å². The maximum Gasteiger partial charge on any atom is 0.160 e. The molecule has 80 valence electrons. The molecule has 0 fully saturated rings.